The molecule has 2 aromatic rings. The summed E-state index contributed by atoms with van der Waals surface area (Å²) in [7, 11) is -1.39. The second-order valence-electron chi connectivity index (χ2n) is 4.67. The fourth-order valence-corrected chi connectivity index (χ4v) is 5.40. The zero-order chi connectivity index (χ0) is 12.4. The minimum Gasteiger partial charge on any atom is -0.0620 e. The molecule has 1 heteroatoms. The third-order valence-corrected chi connectivity index (χ3v) is 7.05. The van der Waals surface area contributed by atoms with Gasteiger partial charge in [0.15, 0.2) is 0 Å². The molecule has 0 radical (unpaired) electrons. The number of rotatable bonds is 1. The lowest BCUT2D eigenvalue weighted by Crippen LogP contribution is -2.21. The van der Waals surface area contributed by atoms with Crippen molar-refractivity contribution in [3.63, 3.8) is 0 Å². The predicted octanol–water partition coefficient (Wildman–Crippen LogP) is 3.83. The van der Waals surface area contributed by atoms with Crippen LogP contribution >= 0.6 is 7.26 Å². The van der Waals surface area contributed by atoms with E-state index < -0.39 is 7.26 Å². The Morgan fingerprint density at radius 3 is 2.33 bits per heavy atom. The summed E-state index contributed by atoms with van der Waals surface area (Å²) in [4.78, 5) is 0. The van der Waals surface area contributed by atoms with Crippen LogP contribution in [0.2, 0.25) is 0 Å². The van der Waals surface area contributed by atoms with E-state index in [1.54, 1.807) is 0 Å². The number of allylic oxidation sites excluding steroid dienone is 2. The monoisotopic (exact) mass is 251 g/mol. The van der Waals surface area contributed by atoms with Crippen molar-refractivity contribution < 1.29 is 0 Å². The Morgan fingerprint density at radius 2 is 1.50 bits per heavy atom. The van der Waals surface area contributed by atoms with Crippen molar-refractivity contribution in [2.75, 3.05) is 6.66 Å². The minimum atomic E-state index is -1.39. The summed E-state index contributed by atoms with van der Waals surface area (Å²) < 4.78 is 0. The molecular formula is C17H16P+. The molecule has 0 N–H and O–H groups in total. The van der Waals surface area contributed by atoms with E-state index in [-0.39, 0.29) is 0 Å². The molecule has 3 rings (SSSR count). The van der Waals surface area contributed by atoms with Gasteiger partial charge in [0, 0.05) is 5.56 Å². The van der Waals surface area contributed by atoms with Crippen LogP contribution in [0.4, 0.5) is 0 Å². The molecule has 1 aliphatic heterocycles. The van der Waals surface area contributed by atoms with Gasteiger partial charge in [0.1, 0.15) is 17.9 Å². The molecule has 2 aromatic carbocycles. The molecule has 0 amide bonds. The van der Waals surface area contributed by atoms with Gasteiger partial charge >= 0.3 is 0 Å². The van der Waals surface area contributed by atoms with Gasteiger partial charge in [-0.05, 0) is 24.3 Å². The normalized spacial score (nSPS) is 21.4. The van der Waals surface area contributed by atoms with Gasteiger partial charge in [0.05, 0.1) is 12.5 Å². The van der Waals surface area contributed by atoms with Gasteiger partial charge in [-0.1, -0.05) is 48.6 Å². The average molecular weight is 251 g/mol. The van der Waals surface area contributed by atoms with Crippen LogP contribution < -0.4 is 10.6 Å². The standard InChI is InChI=1S/C17H16P/c1-18(16-11-3-2-4-12-16)14-8-7-10-15-9-5-6-13-17(15)18/h2-14H,1H3/q+1. The van der Waals surface area contributed by atoms with Crippen LogP contribution in [0, 0.1) is 0 Å². The van der Waals surface area contributed by atoms with Crippen molar-refractivity contribution in [2.24, 2.45) is 0 Å². The zero-order valence-electron chi connectivity index (χ0n) is 10.5. The Labute approximate surface area is 109 Å². The molecule has 0 bridgehead atoms. The largest absolute Gasteiger partial charge is 0.111 e. The third kappa shape index (κ3) is 1.83. The lowest BCUT2D eigenvalue weighted by Gasteiger charge is -2.19. The van der Waals surface area contributed by atoms with Crippen molar-refractivity contribution in [3.8, 4) is 0 Å². The highest BCUT2D eigenvalue weighted by Gasteiger charge is 2.36. The van der Waals surface area contributed by atoms with Gasteiger partial charge in [0.2, 0.25) is 0 Å². The Bertz CT molecular complexity index is 611. The summed E-state index contributed by atoms with van der Waals surface area (Å²) in [6, 6.07) is 19.6. The summed E-state index contributed by atoms with van der Waals surface area (Å²) in [5, 5.41) is 2.92. The van der Waals surface area contributed by atoms with E-state index in [0.29, 0.717) is 0 Å². The fraction of sp³-hybridized carbons (Fsp3) is 0.0588. The van der Waals surface area contributed by atoms with Crippen molar-refractivity contribution in [2.45, 2.75) is 0 Å². The number of benzene rings is 2. The minimum absolute atomic E-state index is 1.35. The fourth-order valence-electron chi connectivity index (χ4n) is 2.48. The van der Waals surface area contributed by atoms with Gasteiger partial charge in [-0.25, -0.2) is 0 Å². The van der Waals surface area contributed by atoms with Crippen molar-refractivity contribution in [1.29, 1.82) is 0 Å². The van der Waals surface area contributed by atoms with Crippen LogP contribution in [-0.2, 0) is 0 Å². The van der Waals surface area contributed by atoms with Gasteiger partial charge in [-0.2, -0.15) is 0 Å². The molecule has 18 heavy (non-hydrogen) atoms. The molecular weight excluding hydrogens is 235 g/mol. The van der Waals surface area contributed by atoms with Gasteiger partial charge < -0.3 is 0 Å². The lowest BCUT2D eigenvalue weighted by molar-refractivity contribution is 1.71. The Morgan fingerprint density at radius 1 is 0.778 bits per heavy atom. The molecule has 0 aliphatic carbocycles. The maximum Gasteiger partial charge on any atom is 0.111 e. The summed E-state index contributed by atoms with van der Waals surface area (Å²) >= 11 is 0. The molecule has 1 aliphatic rings. The lowest BCUT2D eigenvalue weighted by atomic mass is 10.2. The highest BCUT2D eigenvalue weighted by Crippen LogP contribution is 2.55. The van der Waals surface area contributed by atoms with Gasteiger partial charge in [-0.3, -0.25) is 0 Å². The number of hydrogen-bond donors (Lipinski definition) is 0. The molecule has 0 saturated carbocycles. The summed E-state index contributed by atoms with van der Waals surface area (Å²) in [6.07, 6.45) is 6.55. The van der Waals surface area contributed by atoms with Gasteiger partial charge in [-0.15, -0.1) is 0 Å². The maximum atomic E-state index is 2.39. The van der Waals surface area contributed by atoms with E-state index in [4.69, 9.17) is 0 Å². The van der Waals surface area contributed by atoms with E-state index in [1.807, 2.05) is 0 Å². The highest BCUT2D eigenvalue weighted by molar-refractivity contribution is 7.91. The van der Waals surface area contributed by atoms with E-state index in [0.717, 1.165) is 0 Å². The Balaban J connectivity index is 2.24. The van der Waals surface area contributed by atoms with Crippen LogP contribution in [0.5, 0.6) is 0 Å². The van der Waals surface area contributed by atoms with E-state index in [1.165, 1.54) is 16.2 Å². The summed E-state index contributed by atoms with van der Waals surface area (Å²) in [5.41, 5.74) is 1.35. The SMILES string of the molecule is C[P+]1(c2ccccc2)C=CC=Cc2ccccc21. The maximum absolute atomic E-state index is 2.39. The van der Waals surface area contributed by atoms with Crippen LogP contribution in [0.1, 0.15) is 5.56 Å². The quantitative estimate of drug-likeness (QED) is 0.676. The topological polar surface area (TPSA) is 0 Å². The van der Waals surface area contributed by atoms with Crippen molar-refractivity contribution in [3.05, 3.63) is 78.1 Å². The molecule has 1 atom stereocenters. The van der Waals surface area contributed by atoms with Crippen LogP contribution in [-0.4, -0.2) is 6.66 Å². The third-order valence-electron chi connectivity index (χ3n) is 3.50. The van der Waals surface area contributed by atoms with E-state index in [9.17, 15) is 0 Å². The molecule has 0 spiro atoms. The zero-order valence-corrected chi connectivity index (χ0v) is 11.3. The van der Waals surface area contributed by atoms with E-state index in [2.05, 4.69) is 85.3 Å². The second kappa shape index (κ2) is 4.55. The van der Waals surface area contributed by atoms with Crippen molar-refractivity contribution >= 4 is 23.9 Å². The summed E-state index contributed by atoms with van der Waals surface area (Å²) in [6.45, 7) is 2.39. The molecule has 1 heterocycles. The van der Waals surface area contributed by atoms with Gasteiger partial charge in [0.25, 0.3) is 0 Å². The second-order valence-corrected chi connectivity index (χ2v) is 8.12. The Hall–Kier alpha value is -1.65. The molecule has 0 saturated heterocycles. The first kappa shape index (κ1) is 11.4. The van der Waals surface area contributed by atoms with Crippen LogP contribution in [0.15, 0.2) is 72.6 Å². The van der Waals surface area contributed by atoms with E-state index >= 15 is 0 Å². The first-order chi connectivity index (χ1) is 8.81. The molecule has 0 fully saturated rings. The smallest absolute Gasteiger partial charge is 0.0620 e. The number of fused-ring (bicyclic) bond motifs is 1. The predicted molar refractivity (Wildman–Crippen MR) is 83.2 cm³/mol. The first-order valence-electron chi connectivity index (χ1n) is 6.18. The summed E-state index contributed by atoms with van der Waals surface area (Å²) in [5.74, 6) is 2.39. The number of hydrogen-bond acceptors (Lipinski definition) is 0. The molecule has 0 aromatic heterocycles. The Kier molecular flexibility index (Phi) is 2.89. The molecule has 88 valence electrons. The van der Waals surface area contributed by atoms with Crippen LogP contribution in [0.3, 0.4) is 0 Å². The van der Waals surface area contributed by atoms with Crippen LogP contribution in [0.25, 0.3) is 6.08 Å². The molecule has 0 nitrogen and oxygen atoms in total. The first-order valence-corrected chi connectivity index (χ1v) is 8.48. The highest BCUT2D eigenvalue weighted by atomic mass is 31.2. The average Bonchev–Trinajstić information content (AvgIpc) is 2.61. The molecule has 1 unspecified atom stereocenters. The van der Waals surface area contributed by atoms with Crippen molar-refractivity contribution in [1.82, 2.24) is 0 Å².